The lowest BCUT2D eigenvalue weighted by Crippen LogP contribution is -2.17. The van der Waals surface area contributed by atoms with E-state index < -0.39 is 0 Å². The second kappa shape index (κ2) is 3.50. The highest BCUT2D eigenvalue weighted by atomic mass is 16.6. The monoisotopic (exact) mass is 203 g/mol. The van der Waals surface area contributed by atoms with Crippen LogP contribution >= 0.6 is 0 Å². The molecule has 2 rings (SSSR count). The fraction of sp³-hybridized carbons (Fsp3) is 0.333. The highest BCUT2D eigenvalue weighted by molar-refractivity contribution is 5.95. The van der Waals surface area contributed by atoms with Gasteiger partial charge in [-0.05, 0) is 32.1 Å². The summed E-state index contributed by atoms with van der Waals surface area (Å²) in [5, 5.41) is 0. The van der Waals surface area contributed by atoms with Gasteiger partial charge in [0.2, 0.25) is 0 Å². The molecule has 0 atom stereocenters. The van der Waals surface area contributed by atoms with Crippen LogP contribution in [0.4, 0.5) is 0 Å². The Morgan fingerprint density at radius 3 is 2.80 bits per heavy atom. The molecular weight excluding hydrogens is 190 g/mol. The molecule has 0 aromatic carbocycles. The summed E-state index contributed by atoms with van der Waals surface area (Å²) in [7, 11) is 0. The fourth-order valence-electron chi connectivity index (χ4n) is 1.63. The number of nitrogens with zero attached hydrogens (tertiary/aromatic N) is 1. The van der Waals surface area contributed by atoms with Crippen molar-refractivity contribution in [3.63, 3.8) is 0 Å². The number of ether oxygens (including phenoxy) is 1. The third kappa shape index (κ3) is 2.24. The van der Waals surface area contributed by atoms with Crippen molar-refractivity contribution in [1.29, 1.82) is 0 Å². The summed E-state index contributed by atoms with van der Waals surface area (Å²) in [5.41, 5.74) is 1.11. The molecule has 1 aromatic heterocycles. The lowest BCUT2D eigenvalue weighted by atomic mass is 10.0. The Morgan fingerprint density at radius 1 is 1.47 bits per heavy atom. The molecular formula is C12H13NO2. The normalized spacial score (nSPS) is 21.7. The highest BCUT2D eigenvalue weighted by Gasteiger charge is 2.35. The van der Waals surface area contributed by atoms with E-state index in [1.807, 2.05) is 32.0 Å². The summed E-state index contributed by atoms with van der Waals surface area (Å²) in [6.45, 7) is 3.81. The smallest absolute Gasteiger partial charge is 0.334 e. The predicted octanol–water partition coefficient (Wildman–Crippen LogP) is 2.19. The van der Waals surface area contributed by atoms with Gasteiger partial charge in [0.25, 0.3) is 0 Å². The Morgan fingerprint density at radius 2 is 2.27 bits per heavy atom. The van der Waals surface area contributed by atoms with Gasteiger partial charge in [0.1, 0.15) is 5.60 Å². The third-order valence-corrected chi connectivity index (χ3v) is 2.26. The molecule has 0 N–H and O–H groups in total. The van der Waals surface area contributed by atoms with Gasteiger partial charge in [0.15, 0.2) is 0 Å². The summed E-state index contributed by atoms with van der Waals surface area (Å²) < 4.78 is 5.20. The maximum absolute atomic E-state index is 11.5. The van der Waals surface area contributed by atoms with Crippen molar-refractivity contribution < 1.29 is 9.53 Å². The van der Waals surface area contributed by atoms with Gasteiger partial charge in [0.05, 0.1) is 5.69 Å². The van der Waals surface area contributed by atoms with Crippen molar-refractivity contribution in [3.8, 4) is 0 Å². The zero-order valence-electron chi connectivity index (χ0n) is 8.86. The van der Waals surface area contributed by atoms with E-state index in [1.165, 1.54) is 0 Å². The fourth-order valence-corrected chi connectivity index (χ4v) is 1.63. The second-order valence-corrected chi connectivity index (χ2v) is 4.25. The minimum atomic E-state index is -0.377. The van der Waals surface area contributed by atoms with Crippen molar-refractivity contribution in [1.82, 2.24) is 4.98 Å². The van der Waals surface area contributed by atoms with Crippen LogP contribution < -0.4 is 0 Å². The van der Waals surface area contributed by atoms with E-state index in [0.29, 0.717) is 12.0 Å². The first-order valence-corrected chi connectivity index (χ1v) is 4.92. The SMILES string of the molecule is CC1(C)C/C(=C\c2ccccn2)C(=O)O1. The zero-order chi connectivity index (χ0) is 10.9. The van der Waals surface area contributed by atoms with Crippen LogP contribution in [0.25, 0.3) is 6.08 Å². The molecule has 0 bridgehead atoms. The number of aromatic nitrogens is 1. The molecule has 15 heavy (non-hydrogen) atoms. The number of cyclic esters (lactones) is 1. The van der Waals surface area contributed by atoms with Crippen molar-refractivity contribution in [2.75, 3.05) is 0 Å². The number of esters is 1. The molecule has 1 saturated heterocycles. The molecule has 0 aliphatic carbocycles. The number of hydrogen-bond acceptors (Lipinski definition) is 3. The Bertz CT molecular complexity index is 407. The first-order chi connectivity index (χ1) is 7.07. The highest BCUT2D eigenvalue weighted by Crippen LogP contribution is 2.30. The van der Waals surface area contributed by atoms with Crippen LogP contribution in [0, 0.1) is 0 Å². The second-order valence-electron chi connectivity index (χ2n) is 4.25. The van der Waals surface area contributed by atoms with E-state index in [2.05, 4.69) is 4.98 Å². The summed E-state index contributed by atoms with van der Waals surface area (Å²) >= 11 is 0. The van der Waals surface area contributed by atoms with Crippen molar-refractivity contribution in [3.05, 3.63) is 35.7 Å². The molecule has 0 amide bonds. The Balaban J connectivity index is 2.26. The molecule has 0 saturated carbocycles. The maximum Gasteiger partial charge on any atom is 0.334 e. The Hall–Kier alpha value is -1.64. The summed E-state index contributed by atoms with van der Waals surface area (Å²) in [5.74, 6) is -0.231. The predicted molar refractivity (Wildman–Crippen MR) is 57.0 cm³/mol. The van der Waals surface area contributed by atoms with Crippen LogP contribution in [0.1, 0.15) is 26.0 Å². The lowest BCUT2D eigenvalue weighted by molar-refractivity contribution is -0.143. The molecule has 2 heterocycles. The van der Waals surface area contributed by atoms with Gasteiger partial charge in [-0.2, -0.15) is 0 Å². The van der Waals surface area contributed by atoms with Gasteiger partial charge in [-0.15, -0.1) is 0 Å². The van der Waals surface area contributed by atoms with Gasteiger partial charge in [-0.25, -0.2) is 4.79 Å². The standard InChI is InChI=1S/C12H13NO2/c1-12(2)8-9(11(14)15-12)7-10-5-3-4-6-13-10/h3-7H,8H2,1-2H3/b9-7+. The van der Waals surface area contributed by atoms with E-state index in [9.17, 15) is 4.79 Å². The van der Waals surface area contributed by atoms with E-state index in [-0.39, 0.29) is 11.6 Å². The van der Waals surface area contributed by atoms with Crippen molar-refractivity contribution in [2.45, 2.75) is 25.9 Å². The van der Waals surface area contributed by atoms with Crippen LogP contribution in [-0.2, 0) is 9.53 Å². The van der Waals surface area contributed by atoms with Crippen LogP contribution in [0.15, 0.2) is 30.0 Å². The lowest BCUT2D eigenvalue weighted by Gasteiger charge is -2.13. The summed E-state index contributed by atoms with van der Waals surface area (Å²) in [4.78, 5) is 15.6. The summed E-state index contributed by atoms with van der Waals surface area (Å²) in [6.07, 6.45) is 4.14. The first kappa shape index (κ1) is 9.90. The molecule has 3 heteroatoms. The van der Waals surface area contributed by atoms with Crippen LogP contribution in [0.5, 0.6) is 0 Å². The minimum Gasteiger partial charge on any atom is -0.456 e. The Kier molecular flexibility index (Phi) is 2.31. The van der Waals surface area contributed by atoms with Gasteiger partial charge in [-0.3, -0.25) is 4.98 Å². The number of carbonyl (C=O) groups excluding carboxylic acids is 1. The molecule has 0 spiro atoms. The number of pyridine rings is 1. The molecule has 0 radical (unpaired) electrons. The van der Waals surface area contributed by atoms with E-state index in [0.717, 1.165) is 5.69 Å². The molecule has 1 aromatic rings. The van der Waals surface area contributed by atoms with Gasteiger partial charge in [-0.1, -0.05) is 6.07 Å². The van der Waals surface area contributed by atoms with E-state index in [1.54, 1.807) is 12.3 Å². The average molecular weight is 203 g/mol. The number of carbonyl (C=O) groups is 1. The number of rotatable bonds is 1. The van der Waals surface area contributed by atoms with Crippen molar-refractivity contribution in [2.24, 2.45) is 0 Å². The van der Waals surface area contributed by atoms with Crippen LogP contribution in [0.3, 0.4) is 0 Å². The van der Waals surface area contributed by atoms with Crippen LogP contribution in [0.2, 0.25) is 0 Å². The topological polar surface area (TPSA) is 39.2 Å². The first-order valence-electron chi connectivity index (χ1n) is 4.92. The van der Waals surface area contributed by atoms with Crippen LogP contribution in [-0.4, -0.2) is 16.6 Å². The molecule has 78 valence electrons. The number of hydrogen-bond donors (Lipinski definition) is 0. The van der Waals surface area contributed by atoms with E-state index >= 15 is 0 Å². The molecule has 1 aliphatic rings. The third-order valence-electron chi connectivity index (χ3n) is 2.26. The molecule has 0 unspecified atom stereocenters. The minimum absolute atomic E-state index is 0.231. The van der Waals surface area contributed by atoms with Gasteiger partial charge in [0, 0.05) is 18.2 Å². The van der Waals surface area contributed by atoms with Gasteiger partial charge < -0.3 is 4.74 Å². The largest absolute Gasteiger partial charge is 0.456 e. The summed E-state index contributed by atoms with van der Waals surface area (Å²) in [6, 6.07) is 5.61. The zero-order valence-corrected chi connectivity index (χ0v) is 8.86. The Labute approximate surface area is 88.8 Å². The van der Waals surface area contributed by atoms with Crippen molar-refractivity contribution >= 4 is 12.0 Å². The van der Waals surface area contributed by atoms with E-state index in [4.69, 9.17) is 4.74 Å². The molecule has 1 aliphatic heterocycles. The average Bonchev–Trinajstić information content (AvgIpc) is 2.41. The molecule has 3 nitrogen and oxygen atoms in total. The molecule has 1 fully saturated rings. The van der Waals surface area contributed by atoms with Gasteiger partial charge >= 0.3 is 5.97 Å². The quantitative estimate of drug-likeness (QED) is 0.518. The maximum atomic E-state index is 11.5.